The van der Waals surface area contributed by atoms with Crippen LogP contribution in [0.15, 0.2) is 53.4 Å². The molecule has 0 amide bonds. The van der Waals surface area contributed by atoms with Gasteiger partial charge in [0.15, 0.2) is 5.78 Å². The Kier molecular flexibility index (Phi) is 14.7. The van der Waals surface area contributed by atoms with E-state index in [2.05, 4.69) is 51.1 Å². The molecule has 2 rings (SSSR count). The van der Waals surface area contributed by atoms with E-state index in [1.165, 1.54) is 86.7 Å². The zero-order valence-corrected chi connectivity index (χ0v) is 22.7. The lowest BCUT2D eigenvalue weighted by molar-refractivity contribution is 0.104. The van der Waals surface area contributed by atoms with Crippen LogP contribution in [0.4, 0.5) is 0 Å². The van der Waals surface area contributed by atoms with E-state index < -0.39 is 0 Å². The highest BCUT2D eigenvalue weighted by atomic mass is 32.2. The van der Waals surface area contributed by atoms with Gasteiger partial charge in [0.1, 0.15) is 0 Å². The van der Waals surface area contributed by atoms with Crippen LogP contribution in [0.3, 0.4) is 0 Å². The number of thioether (sulfide) groups is 1. The van der Waals surface area contributed by atoms with Crippen LogP contribution >= 0.6 is 11.8 Å². The fourth-order valence-electron chi connectivity index (χ4n) is 4.28. The van der Waals surface area contributed by atoms with Crippen molar-refractivity contribution in [3.8, 4) is 0 Å². The molecule has 186 valence electrons. The molecule has 1 nitrogen and oxygen atoms in total. The Balaban J connectivity index is 1.64. The maximum absolute atomic E-state index is 12.6. The Labute approximate surface area is 213 Å². The number of benzene rings is 2. The third-order valence-corrected chi connectivity index (χ3v) is 7.66. The minimum Gasteiger partial charge on any atom is -0.289 e. The molecule has 0 aliphatic rings. The summed E-state index contributed by atoms with van der Waals surface area (Å²) in [5.74, 6) is 1.24. The lowest BCUT2D eigenvalue weighted by Crippen LogP contribution is -1.95. The summed E-state index contributed by atoms with van der Waals surface area (Å²) in [6.45, 7) is 6.62. The van der Waals surface area contributed by atoms with Gasteiger partial charge in [-0.3, -0.25) is 4.79 Å². The first-order valence-electron chi connectivity index (χ1n) is 13.7. The molecule has 0 aliphatic heterocycles. The monoisotopic (exact) mass is 478 g/mol. The minimum atomic E-state index is 0.0727. The first-order valence-corrected chi connectivity index (χ1v) is 14.7. The number of ketones is 1. The van der Waals surface area contributed by atoms with Gasteiger partial charge < -0.3 is 0 Å². The number of hydrogen-bond acceptors (Lipinski definition) is 2. The normalized spacial score (nSPS) is 11.4. The highest BCUT2D eigenvalue weighted by Crippen LogP contribution is 2.22. The standard InChI is InChI=1S/C32H46OS/c1-4-7-8-9-10-11-12-13-14-15-16-25-34-31-22-19-30(20-23-31)32(33)24-21-29-18-17-27(5-2)26-28(29)6-3/h17-24,26H,4-16,25H2,1-3H3. The van der Waals surface area contributed by atoms with Gasteiger partial charge in [-0.1, -0.05) is 109 Å². The molecule has 0 bridgehead atoms. The second kappa shape index (κ2) is 17.6. The molecule has 0 fully saturated rings. The highest BCUT2D eigenvalue weighted by Gasteiger charge is 2.04. The zero-order valence-electron chi connectivity index (χ0n) is 21.9. The maximum atomic E-state index is 12.6. The second-order valence-corrected chi connectivity index (χ2v) is 10.5. The SMILES string of the molecule is CCCCCCCCCCCCCSc1ccc(C(=O)C=Cc2ccc(CC)cc2CC)cc1. The van der Waals surface area contributed by atoms with Crippen LogP contribution in [0.25, 0.3) is 6.08 Å². The van der Waals surface area contributed by atoms with E-state index in [0.717, 1.165) is 29.7 Å². The van der Waals surface area contributed by atoms with Crippen molar-refractivity contribution in [1.29, 1.82) is 0 Å². The number of allylic oxidation sites excluding steroid dienone is 1. The fourth-order valence-corrected chi connectivity index (χ4v) is 5.19. The molecule has 0 aliphatic carbocycles. The number of hydrogen-bond donors (Lipinski definition) is 0. The van der Waals surface area contributed by atoms with Gasteiger partial charge in [-0.25, -0.2) is 0 Å². The Hall–Kier alpha value is -1.80. The number of unbranched alkanes of at least 4 members (excludes halogenated alkanes) is 10. The average Bonchev–Trinajstić information content (AvgIpc) is 2.88. The van der Waals surface area contributed by atoms with E-state index in [4.69, 9.17) is 0 Å². The molecular formula is C32H46OS. The van der Waals surface area contributed by atoms with Gasteiger partial charge >= 0.3 is 0 Å². The van der Waals surface area contributed by atoms with Crippen LogP contribution in [0, 0.1) is 0 Å². The predicted molar refractivity (Wildman–Crippen MR) is 152 cm³/mol. The first kappa shape index (κ1) is 28.4. The molecule has 0 spiro atoms. The highest BCUT2D eigenvalue weighted by molar-refractivity contribution is 7.99. The largest absolute Gasteiger partial charge is 0.289 e. The van der Waals surface area contributed by atoms with Gasteiger partial charge in [-0.2, -0.15) is 0 Å². The minimum absolute atomic E-state index is 0.0727. The van der Waals surface area contributed by atoms with E-state index in [1.54, 1.807) is 6.08 Å². The Morgan fingerprint density at radius 2 is 1.35 bits per heavy atom. The molecule has 0 atom stereocenters. The van der Waals surface area contributed by atoms with Crippen molar-refractivity contribution in [2.75, 3.05) is 5.75 Å². The summed E-state index contributed by atoms with van der Waals surface area (Å²) >= 11 is 1.91. The van der Waals surface area contributed by atoms with Gasteiger partial charge in [0, 0.05) is 10.5 Å². The number of aryl methyl sites for hydroxylation is 2. The van der Waals surface area contributed by atoms with E-state index in [9.17, 15) is 4.79 Å². The molecular weight excluding hydrogens is 432 g/mol. The quantitative estimate of drug-likeness (QED) is 0.0917. The lowest BCUT2D eigenvalue weighted by Gasteiger charge is -2.06. The van der Waals surface area contributed by atoms with Crippen LogP contribution in [0.5, 0.6) is 0 Å². The lowest BCUT2D eigenvalue weighted by atomic mass is 9.99. The summed E-state index contributed by atoms with van der Waals surface area (Å²) in [6, 6.07) is 14.7. The summed E-state index contributed by atoms with van der Waals surface area (Å²) in [7, 11) is 0. The van der Waals surface area contributed by atoms with Gasteiger partial charge in [0.25, 0.3) is 0 Å². The van der Waals surface area contributed by atoms with Crippen molar-refractivity contribution < 1.29 is 4.79 Å². The molecule has 0 saturated heterocycles. The topological polar surface area (TPSA) is 17.1 Å². The molecule has 0 saturated carbocycles. The van der Waals surface area contributed by atoms with Crippen molar-refractivity contribution in [3.05, 3.63) is 70.8 Å². The van der Waals surface area contributed by atoms with E-state index in [0.29, 0.717) is 0 Å². The Morgan fingerprint density at radius 3 is 1.94 bits per heavy atom. The maximum Gasteiger partial charge on any atom is 0.185 e. The summed E-state index contributed by atoms with van der Waals surface area (Å²) < 4.78 is 0. The van der Waals surface area contributed by atoms with Crippen LogP contribution in [0.2, 0.25) is 0 Å². The van der Waals surface area contributed by atoms with Crippen LogP contribution in [-0.4, -0.2) is 11.5 Å². The molecule has 0 unspecified atom stereocenters. The molecule has 0 N–H and O–H groups in total. The van der Waals surface area contributed by atoms with Crippen LogP contribution < -0.4 is 0 Å². The Bertz CT molecular complexity index is 850. The van der Waals surface area contributed by atoms with E-state index in [1.807, 2.05) is 30.0 Å². The second-order valence-electron chi connectivity index (χ2n) is 9.35. The molecule has 0 heterocycles. The summed E-state index contributed by atoms with van der Waals surface area (Å²) in [4.78, 5) is 13.9. The molecule has 2 heteroatoms. The van der Waals surface area contributed by atoms with Gasteiger partial charge in [-0.05, 0) is 72.0 Å². The van der Waals surface area contributed by atoms with Crippen molar-refractivity contribution in [2.24, 2.45) is 0 Å². The fraction of sp³-hybridized carbons (Fsp3) is 0.531. The number of carbonyl (C=O) groups is 1. The van der Waals surface area contributed by atoms with Gasteiger partial charge in [0.2, 0.25) is 0 Å². The van der Waals surface area contributed by atoms with Crippen molar-refractivity contribution in [1.82, 2.24) is 0 Å². The first-order chi connectivity index (χ1) is 16.7. The van der Waals surface area contributed by atoms with Gasteiger partial charge in [-0.15, -0.1) is 11.8 Å². The van der Waals surface area contributed by atoms with E-state index >= 15 is 0 Å². The summed E-state index contributed by atoms with van der Waals surface area (Å²) in [5, 5.41) is 0. The summed E-state index contributed by atoms with van der Waals surface area (Å²) in [5.41, 5.74) is 4.56. The average molecular weight is 479 g/mol. The summed E-state index contributed by atoms with van der Waals surface area (Å²) in [6.07, 6.45) is 20.9. The van der Waals surface area contributed by atoms with Crippen molar-refractivity contribution in [2.45, 2.75) is 109 Å². The molecule has 0 radical (unpaired) electrons. The van der Waals surface area contributed by atoms with Gasteiger partial charge in [0.05, 0.1) is 0 Å². The smallest absolute Gasteiger partial charge is 0.185 e. The van der Waals surface area contributed by atoms with Crippen LogP contribution in [-0.2, 0) is 12.8 Å². The predicted octanol–water partition coefficient (Wildman–Crippen LogP) is 10.1. The zero-order chi connectivity index (χ0) is 24.4. The molecule has 34 heavy (non-hydrogen) atoms. The van der Waals surface area contributed by atoms with E-state index in [-0.39, 0.29) is 5.78 Å². The third-order valence-electron chi connectivity index (χ3n) is 6.57. The Morgan fingerprint density at radius 1 is 0.735 bits per heavy atom. The van der Waals surface area contributed by atoms with Crippen molar-refractivity contribution >= 4 is 23.6 Å². The molecule has 2 aromatic rings. The molecule has 2 aromatic carbocycles. The number of rotatable bonds is 18. The van der Waals surface area contributed by atoms with Crippen LogP contribution in [0.1, 0.15) is 118 Å². The molecule has 0 aromatic heterocycles. The van der Waals surface area contributed by atoms with Crippen molar-refractivity contribution in [3.63, 3.8) is 0 Å². The third kappa shape index (κ3) is 11.1. The number of carbonyl (C=O) groups excluding carboxylic acids is 1.